The second-order valence-electron chi connectivity index (χ2n) is 6.78. The van der Waals surface area contributed by atoms with Crippen molar-refractivity contribution in [1.29, 1.82) is 0 Å². The van der Waals surface area contributed by atoms with Gasteiger partial charge in [-0.15, -0.1) is 0 Å². The maximum absolute atomic E-state index is 13.0. The Morgan fingerprint density at radius 1 is 0.962 bits per heavy atom. The van der Waals surface area contributed by atoms with Crippen LogP contribution >= 0.6 is 0 Å². The SMILES string of the molecule is CC(=O)NCc1ccc(CCN2CCN(c3ccc(F)cc3)CC2)cc1. The topological polar surface area (TPSA) is 35.6 Å². The Kier molecular flexibility index (Phi) is 6.23. The summed E-state index contributed by atoms with van der Waals surface area (Å²) in [6, 6.07) is 15.2. The van der Waals surface area contributed by atoms with Gasteiger partial charge in [0.1, 0.15) is 5.82 Å². The minimum atomic E-state index is -0.185. The number of amides is 1. The average Bonchev–Trinajstić information content (AvgIpc) is 2.66. The molecule has 26 heavy (non-hydrogen) atoms. The summed E-state index contributed by atoms with van der Waals surface area (Å²) in [4.78, 5) is 15.7. The number of hydrogen-bond donors (Lipinski definition) is 1. The third-order valence-corrected chi connectivity index (χ3v) is 4.85. The summed E-state index contributed by atoms with van der Waals surface area (Å²) in [6.07, 6.45) is 1.02. The first-order valence-electron chi connectivity index (χ1n) is 9.15. The van der Waals surface area contributed by atoms with Crippen molar-refractivity contribution in [2.75, 3.05) is 37.6 Å². The number of nitrogens with one attached hydrogen (secondary N) is 1. The van der Waals surface area contributed by atoms with Crippen LogP contribution < -0.4 is 10.2 Å². The van der Waals surface area contributed by atoms with E-state index >= 15 is 0 Å². The van der Waals surface area contributed by atoms with E-state index in [4.69, 9.17) is 0 Å². The molecule has 1 saturated heterocycles. The number of carbonyl (C=O) groups is 1. The number of rotatable bonds is 6. The maximum atomic E-state index is 13.0. The van der Waals surface area contributed by atoms with E-state index in [1.807, 2.05) is 12.1 Å². The minimum absolute atomic E-state index is 0.00569. The van der Waals surface area contributed by atoms with Crippen molar-refractivity contribution in [2.24, 2.45) is 0 Å². The average molecular weight is 355 g/mol. The van der Waals surface area contributed by atoms with E-state index in [9.17, 15) is 9.18 Å². The van der Waals surface area contributed by atoms with Gasteiger partial charge in [-0.2, -0.15) is 0 Å². The molecule has 0 atom stereocenters. The van der Waals surface area contributed by atoms with Crippen LogP contribution in [0.2, 0.25) is 0 Å². The van der Waals surface area contributed by atoms with Crippen molar-refractivity contribution in [3.63, 3.8) is 0 Å². The third-order valence-electron chi connectivity index (χ3n) is 4.85. The van der Waals surface area contributed by atoms with E-state index in [1.165, 1.54) is 24.6 Å². The predicted octanol–water partition coefficient (Wildman–Crippen LogP) is 2.83. The summed E-state index contributed by atoms with van der Waals surface area (Å²) in [5.74, 6) is -0.190. The second kappa shape index (κ2) is 8.81. The first-order chi connectivity index (χ1) is 12.6. The van der Waals surface area contributed by atoms with Gasteiger partial charge in [-0.1, -0.05) is 24.3 Å². The van der Waals surface area contributed by atoms with Crippen LogP contribution in [0.3, 0.4) is 0 Å². The van der Waals surface area contributed by atoms with Crippen molar-refractivity contribution in [3.8, 4) is 0 Å². The Labute approximate surface area is 154 Å². The van der Waals surface area contributed by atoms with E-state index in [2.05, 4.69) is 39.4 Å². The highest BCUT2D eigenvalue weighted by atomic mass is 19.1. The van der Waals surface area contributed by atoms with Gasteiger partial charge in [0, 0.05) is 51.9 Å². The molecule has 1 fully saturated rings. The van der Waals surface area contributed by atoms with Crippen molar-refractivity contribution >= 4 is 11.6 Å². The van der Waals surface area contributed by atoms with Gasteiger partial charge in [0.25, 0.3) is 0 Å². The standard InChI is InChI=1S/C21H26FN3O/c1-17(26)23-16-19-4-2-18(3-5-19)10-11-24-12-14-25(15-13-24)21-8-6-20(22)7-9-21/h2-9H,10-16H2,1H3,(H,23,26). The number of hydrogen-bond acceptors (Lipinski definition) is 3. The lowest BCUT2D eigenvalue weighted by Gasteiger charge is -2.36. The highest BCUT2D eigenvalue weighted by molar-refractivity contribution is 5.72. The van der Waals surface area contributed by atoms with Crippen molar-refractivity contribution in [3.05, 3.63) is 65.5 Å². The highest BCUT2D eigenvalue weighted by Crippen LogP contribution is 2.17. The maximum Gasteiger partial charge on any atom is 0.217 e. The number of nitrogens with zero attached hydrogens (tertiary/aromatic N) is 2. The largest absolute Gasteiger partial charge is 0.369 e. The summed E-state index contributed by atoms with van der Waals surface area (Å²) in [7, 11) is 0. The molecule has 0 spiro atoms. The fraction of sp³-hybridized carbons (Fsp3) is 0.381. The van der Waals surface area contributed by atoms with Crippen LogP contribution in [-0.2, 0) is 17.8 Å². The molecule has 0 aliphatic carbocycles. The van der Waals surface area contributed by atoms with Gasteiger partial charge in [-0.25, -0.2) is 4.39 Å². The Morgan fingerprint density at radius 3 is 2.19 bits per heavy atom. The fourth-order valence-electron chi connectivity index (χ4n) is 3.22. The fourth-order valence-corrected chi connectivity index (χ4v) is 3.22. The summed E-state index contributed by atoms with van der Waals surface area (Å²) in [5.41, 5.74) is 3.54. The molecular weight excluding hydrogens is 329 g/mol. The Morgan fingerprint density at radius 2 is 1.58 bits per heavy atom. The van der Waals surface area contributed by atoms with Crippen LogP contribution in [-0.4, -0.2) is 43.5 Å². The molecule has 1 N–H and O–H groups in total. The van der Waals surface area contributed by atoms with Gasteiger partial charge in [0.2, 0.25) is 5.91 Å². The zero-order valence-corrected chi connectivity index (χ0v) is 15.2. The van der Waals surface area contributed by atoms with Gasteiger partial charge in [-0.3, -0.25) is 9.69 Å². The molecule has 0 unspecified atom stereocenters. The van der Waals surface area contributed by atoms with Gasteiger partial charge in [0.05, 0.1) is 0 Å². The van der Waals surface area contributed by atoms with E-state index in [0.29, 0.717) is 6.54 Å². The quantitative estimate of drug-likeness (QED) is 0.866. The first kappa shape index (κ1) is 18.4. The van der Waals surface area contributed by atoms with Crippen LogP contribution in [0.15, 0.2) is 48.5 Å². The van der Waals surface area contributed by atoms with Crippen LogP contribution in [0.4, 0.5) is 10.1 Å². The van der Waals surface area contributed by atoms with Crippen molar-refractivity contribution < 1.29 is 9.18 Å². The van der Waals surface area contributed by atoms with Gasteiger partial charge in [-0.05, 0) is 41.8 Å². The Bertz CT molecular complexity index is 707. The number of piperazine rings is 1. The smallest absolute Gasteiger partial charge is 0.217 e. The van der Waals surface area contributed by atoms with Crippen LogP contribution in [0.5, 0.6) is 0 Å². The highest BCUT2D eigenvalue weighted by Gasteiger charge is 2.16. The van der Waals surface area contributed by atoms with E-state index in [0.717, 1.165) is 50.4 Å². The number of benzene rings is 2. The molecule has 1 heterocycles. The van der Waals surface area contributed by atoms with Crippen molar-refractivity contribution in [2.45, 2.75) is 19.9 Å². The molecule has 2 aromatic rings. The molecule has 1 aliphatic heterocycles. The number of carbonyl (C=O) groups excluding carboxylic acids is 1. The van der Waals surface area contributed by atoms with Crippen molar-refractivity contribution in [1.82, 2.24) is 10.2 Å². The van der Waals surface area contributed by atoms with Crippen LogP contribution in [0.25, 0.3) is 0 Å². The zero-order chi connectivity index (χ0) is 18.4. The molecule has 0 radical (unpaired) electrons. The minimum Gasteiger partial charge on any atom is -0.369 e. The molecule has 3 rings (SSSR count). The van der Waals surface area contributed by atoms with Crippen LogP contribution in [0, 0.1) is 5.82 Å². The molecule has 5 heteroatoms. The monoisotopic (exact) mass is 355 g/mol. The molecular formula is C21H26FN3O. The van der Waals surface area contributed by atoms with Gasteiger partial charge < -0.3 is 10.2 Å². The zero-order valence-electron chi connectivity index (χ0n) is 15.2. The second-order valence-corrected chi connectivity index (χ2v) is 6.78. The lowest BCUT2D eigenvalue weighted by molar-refractivity contribution is -0.119. The normalized spacial score (nSPS) is 15.1. The van der Waals surface area contributed by atoms with E-state index < -0.39 is 0 Å². The van der Waals surface area contributed by atoms with E-state index in [1.54, 1.807) is 0 Å². The van der Waals surface area contributed by atoms with Crippen LogP contribution in [0.1, 0.15) is 18.1 Å². The summed E-state index contributed by atoms with van der Waals surface area (Å²) < 4.78 is 13.0. The molecule has 4 nitrogen and oxygen atoms in total. The van der Waals surface area contributed by atoms with Gasteiger partial charge >= 0.3 is 0 Å². The summed E-state index contributed by atoms with van der Waals surface area (Å²) in [5, 5.41) is 2.81. The molecule has 0 saturated carbocycles. The van der Waals surface area contributed by atoms with Gasteiger partial charge in [0.15, 0.2) is 0 Å². The molecule has 138 valence electrons. The molecule has 0 aromatic heterocycles. The summed E-state index contributed by atoms with van der Waals surface area (Å²) in [6.45, 7) is 7.16. The predicted molar refractivity (Wildman–Crippen MR) is 103 cm³/mol. The molecule has 1 aliphatic rings. The third kappa shape index (κ3) is 5.30. The van der Waals surface area contributed by atoms with E-state index in [-0.39, 0.29) is 11.7 Å². The number of anilines is 1. The first-order valence-corrected chi connectivity index (χ1v) is 9.15. The molecule has 1 amide bonds. The lowest BCUT2D eigenvalue weighted by Crippen LogP contribution is -2.47. The molecule has 0 bridgehead atoms. The Hall–Kier alpha value is -2.40. The summed E-state index contributed by atoms with van der Waals surface area (Å²) >= 11 is 0. The Balaban J connectivity index is 1.42. The molecule has 2 aromatic carbocycles. The lowest BCUT2D eigenvalue weighted by atomic mass is 10.1. The number of halogens is 1.